The third-order valence-electron chi connectivity index (χ3n) is 1.02. The highest BCUT2D eigenvalue weighted by molar-refractivity contribution is 4.91. The molecule has 0 spiro atoms. The molecular formula is C5H8N2O2. The number of imidazole rings is 1. The van der Waals surface area contributed by atoms with Gasteiger partial charge in [-0.3, -0.25) is 0 Å². The zero-order chi connectivity index (χ0) is 6.85. The highest BCUT2D eigenvalue weighted by Gasteiger charge is 2.05. The predicted octanol–water partition coefficient (Wildman–Crippen LogP) is 0.174. The van der Waals surface area contributed by atoms with Crippen molar-refractivity contribution in [2.45, 2.75) is 13.0 Å². The van der Waals surface area contributed by atoms with Crippen LogP contribution in [0.2, 0.25) is 0 Å². The molecule has 2 N–H and O–H groups in total. The molecule has 1 rings (SSSR count). The topological polar surface area (TPSA) is 58.3 Å². The van der Waals surface area contributed by atoms with Crippen molar-refractivity contribution >= 4 is 0 Å². The Morgan fingerprint density at radius 1 is 1.78 bits per heavy atom. The Morgan fingerprint density at radius 3 is 2.67 bits per heavy atom. The van der Waals surface area contributed by atoms with Crippen LogP contribution in [0.4, 0.5) is 0 Å². The molecule has 9 heavy (non-hydrogen) atoms. The van der Waals surface area contributed by atoms with Crippen LogP contribution in [0.5, 0.6) is 0 Å². The summed E-state index contributed by atoms with van der Waals surface area (Å²) < 4.78 is 0.796. The van der Waals surface area contributed by atoms with Gasteiger partial charge in [-0.1, -0.05) is 0 Å². The minimum absolute atomic E-state index is 0.259. The molecule has 1 aromatic rings. The van der Waals surface area contributed by atoms with E-state index in [0.29, 0.717) is 0 Å². The predicted molar refractivity (Wildman–Crippen MR) is 30.0 cm³/mol. The molecule has 0 bridgehead atoms. The van der Waals surface area contributed by atoms with Gasteiger partial charge in [-0.15, -0.1) is 0 Å². The van der Waals surface area contributed by atoms with Crippen molar-refractivity contribution in [2.75, 3.05) is 0 Å². The van der Waals surface area contributed by atoms with E-state index in [0.717, 1.165) is 4.73 Å². The number of hydrogen-bond donors (Lipinski definition) is 2. The number of aliphatic hydroxyl groups excluding tert-OH is 1. The lowest BCUT2D eigenvalue weighted by atomic mass is 10.4. The molecule has 1 heterocycles. The number of rotatable bonds is 1. The van der Waals surface area contributed by atoms with Crippen LogP contribution in [0.15, 0.2) is 12.4 Å². The van der Waals surface area contributed by atoms with Crippen molar-refractivity contribution in [3.05, 3.63) is 18.2 Å². The van der Waals surface area contributed by atoms with Crippen LogP contribution < -0.4 is 0 Å². The molecule has 0 aromatic carbocycles. The van der Waals surface area contributed by atoms with E-state index in [2.05, 4.69) is 4.98 Å². The van der Waals surface area contributed by atoms with Crippen LogP contribution in [0.3, 0.4) is 0 Å². The first-order valence-electron chi connectivity index (χ1n) is 2.62. The van der Waals surface area contributed by atoms with E-state index in [9.17, 15) is 0 Å². The fourth-order valence-electron chi connectivity index (χ4n) is 0.608. The van der Waals surface area contributed by atoms with E-state index in [4.69, 9.17) is 10.3 Å². The normalized spacial score (nSPS) is 13.6. The number of aliphatic hydroxyl groups is 1. The van der Waals surface area contributed by atoms with E-state index in [1.807, 2.05) is 0 Å². The lowest BCUT2D eigenvalue weighted by Crippen LogP contribution is -2.01. The Kier molecular flexibility index (Phi) is 1.40. The van der Waals surface area contributed by atoms with Crippen molar-refractivity contribution in [3.8, 4) is 0 Å². The summed E-state index contributed by atoms with van der Waals surface area (Å²) in [6, 6.07) is 0. The van der Waals surface area contributed by atoms with Crippen LogP contribution in [0.25, 0.3) is 0 Å². The number of nitrogens with zero attached hydrogens (tertiary/aromatic N) is 2. The zero-order valence-corrected chi connectivity index (χ0v) is 5.02. The molecular weight excluding hydrogens is 120 g/mol. The Balaban J connectivity index is 2.94. The van der Waals surface area contributed by atoms with E-state index in [-0.39, 0.29) is 5.82 Å². The van der Waals surface area contributed by atoms with Gasteiger partial charge < -0.3 is 10.3 Å². The van der Waals surface area contributed by atoms with Gasteiger partial charge in [0.1, 0.15) is 6.10 Å². The first-order chi connectivity index (χ1) is 4.22. The van der Waals surface area contributed by atoms with Gasteiger partial charge in [-0.2, -0.15) is 4.73 Å². The summed E-state index contributed by atoms with van der Waals surface area (Å²) >= 11 is 0. The summed E-state index contributed by atoms with van der Waals surface area (Å²) in [5, 5.41) is 17.7. The van der Waals surface area contributed by atoms with Crippen LogP contribution >= 0.6 is 0 Å². The summed E-state index contributed by atoms with van der Waals surface area (Å²) in [6.45, 7) is 1.54. The minimum Gasteiger partial charge on any atom is -0.427 e. The van der Waals surface area contributed by atoms with Crippen LogP contribution in [-0.2, 0) is 0 Å². The van der Waals surface area contributed by atoms with Gasteiger partial charge in [-0.25, -0.2) is 4.98 Å². The molecule has 4 nitrogen and oxygen atoms in total. The van der Waals surface area contributed by atoms with Gasteiger partial charge in [0, 0.05) is 6.20 Å². The van der Waals surface area contributed by atoms with E-state index in [1.165, 1.54) is 19.3 Å². The highest BCUT2D eigenvalue weighted by Crippen LogP contribution is 2.05. The second-order valence-electron chi connectivity index (χ2n) is 1.81. The molecule has 0 aliphatic rings. The van der Waals surface area contributed by atoms with Crippen molar-refractivity contribution in [1.82, 2.24) is 9.71 Å². The number of hydrogen-bond acceptors (Lipinski definition) is 3. The standard InChI is InChI=1S/C5H8N2O2/c1-4(8)5-6-2-3-7(5)9/h2-4,8-9H,1H3. The molecule has 1 atom stereocenters. The monoisotopic (exact) mass is 128 g/mol. The van der Waals surface area contributed by atoms with Crippen LogP contribution in [-0.4, -0.2) is 20.0 Å². The fourth-order valence-corrected chi connectivity index (χ4v) is 0.608. The first kappa shape index (κ1) is 6.10. The minimum atomic E-state index is -0.718. The van der Waals surface area contributed by atoms with Crippen molar-refractivity contribution < 1.29 is 10.3 Å². The quantitative estimate of drug-likeness (QED) is 0.530. The van der Waals surface area contributed by atoms with E-state index >= 15 is 0 Å². The lowest BCUT2D eigenvalue weighted by Gasteiger charge is -2.00. The molecule has 0 aliphatic heterocycles. The van der Waals surface area contributed by atoms with Gasteiger partial charge >= 0.3 is 0 Å². The van der Waals surface area contributed by atoms with E-state index < -0.39 is 6.10 Å². The van der Waals surface area contributed by atoms with Crippen LogP contribution in [0.1, 0.15) is 18.9 Å². The Labute approximate surface area is 52.3 Å². The molecule has 1 unspecified atom stereocenters. The largest absolute Gasteiger partial charge is 0.427 e. The molecule has 1 aromatic heterocycles. The van der Waals surface area contributed by atoms with E-state index in [1.54, 1.807) is 0 Å². The summed E-state index contributed by atoms with van der Waals surface area (Å²) in [6.07, 6.45) is 2.06. The van der Waals surface area contributed by atoms with Gasteiger partial charge in [0.05, 0.1) is 6.20 Å². The van der Waals surface area contributed by atoms with Crippen molar-refractivity contribution in [3.63, 3.8) is 0 Å². The summed E-state index contributed by atoms with van der Waals surface area (Å²) in [4.78, 5) is 3.68. The summed E-state index contributed by atoms with van der Waals surface area (Å²) in [5.74, 6) is 0.259. The van der Waals surface area contributed by atoms with Gasteiger partial charge in [0.2, 0.25) is 0 Å². The summed E-state index contributed by atoms with van der Waals surface area (Å²) in [5.41, 5.74) is 0. The molecule has 0 aliphatic carbocycles. The second-order valence-corrected chi connectivity index (χ2v) is 1.81. The summed E-state index contributed by atoms with van der Waals surface area (Å²) in [7, 11) is 0. The average Bonchev–Trinajstić information content (AvgIpc) is 2.13. The molecule has 0 saturated heterocycles. The third kappa shape index (κ3) is 1.02. The van der Waals surface area contributed by atoms with Gasteiger partial charge in [-0.05, 0) is 6.92 Å². The van der Waals surface area contributed by atoms with Crippen molar-refractivity contribution in [1.29, 1.82) is 0 Å². The maximum absolute atomic E-state index is 8.85. The SMILES string of the molecule is CC(O)c1nccn1O. The second kappa shape index (κ2) is 2.06. The first-order valence-corrected chi connectivity index (χ1v) is 2.62. The maximum atomic E-state index is 8.85. The molecule has 50 valence electrons. The Hall–Kier alpha value is -1.03. The van der Waals surface area contributed by atoms with Gasteiger partial charge in [0.25, 0.3) is 0 Å². The average molecular weight is 128 g/mol. The van der Waals surface area contributed by atoms with Gasteiger partial charge in [0.15, 0.2) is 5.82 Å². The molecule has 0 saturated carbocycles. The molecule has 0 fully saturated rings. The highest BCUT2D eigenvalue weighted by atomic mass is 16.5. The fraction of sp³-hybridized carbons (Fsp3) is 0.400. The zero-order valence-electron chi connectivity index (χ0n) is 5.02. The Bertz CT molecular complexity index is 195. The van der Waals surface area contributed by atoms with Crippen LogP contribution in [0, 0.1) is 0 Å². The molecule has 4 heteroatoms. The Morgan fingerprint density at radius 2 is 2.44 bits per heavy atom. The maximum Gasteiger partial charge on any atom is 0.172 e. The lowest BCUT2D eigenvalue weighted by molar-refractivity contribution is 0.121. The smallest absolute Gasteiger partial charge is 0.172 e. The van der Waals surface area contributed by atoms with Crippen molar-refractivity contribution in [2.24, 2.45) is 0 Å². The molecule has 0 amide bonds. The molecule has 0 radical (unpaired) electrons. The third-order valence-corrected chi connectivity index (χ3v) is 1.02. The number of aromatic nitrogens is 2.